The summed E-state index contributed by atoms with van der Waals surface area (Å²) in [6.07, 6.45) is 5.26. The van der Waals surface area contributed by atoms with Crippen LogP contribution in [0.2, 0.25) is 0 Å². The monoisotopic (exact) mass is 995 g/mol. The Bertz CT molecular complexity index is 463. The molecule has 0 aliphatic carbocycles. The molecular formula is C22H40N2O8Rf2-2. The van der Waals surface area contributed by atoms with E-state index in [-0.39, 0.29) is 51.5 Å². The number of hydrogen-bond acceptors (Lipinski definition) is 8. The Kier molecular flexibility index (Phi) is 19.6. The number of carbonyl (C=O) groups is 2. The third-order valence-electron chi connectivity index (χ3n) is 5.11. The van der Waals surface area contributed by atoms with Crippen molar-refractivity contribution in [3.05, 3.63) is 14.2 Å². The molecule has 2 saturated heterocycles. The summed E-state index contributed by atoms with van der Waals surface area (Å²) in [4.78, 5) is 26.9. The Morgan fingerprint density at radius 3 is 1.26 bits per heavy atom. The Hall–Kier alpha value is -3.30. The Morgan fingerprint density at radius 1 is 0.647 bits per heavy atom. The van der Waals surface area contributed by atoms with Gasteiger partial charge in [0.15, 0.2) is 0 Å². The van der Waals surface area contributed by atoms with Gasteiger partial charge in [0.2, 0.25) is 11.8 Å². The van der Waals surface area contributed by atoms with E-state index >= 15 is 0 Å². The minimum Gasteiger partial charge on any atom is -0.553 e. The smallest absolute Gasteiger partial charge is 0.248 e. The van der Waals surface area contributed by atoms with Crippen molar-refractivity contribution in [1.82, 2.24) is 9.80 Å². The zero-order valence-electron chi connectivity index (χ0n) is 20.5. The van der Waals surface area contributed by atoms with Crippen LogP contribution in [0.3, 0.4) is 0 Å². The number of rotatable bonds is 12. The molecule has 0 aromatic heterocycles. The maximum absolute atomic E-state index is 11.6. The standard InChI is InChI=1S/2C11H20NO4.2Rf/c2*1-15-7-10(13)8-16-9-11(14)12-5-3-2-4-6-12;;/h2*10,13H,1-9H2;;/q2*-1;;. The van der Waals surface area contributed by atoms with Gasteiger partial charge in [-0.2, -0.15) is 0 Å². The summed E-state index contributed by atoms with van der Waals surface area (Å²) in [5.41, 5.74) is 0. The first-order valence-corrected chi connectivity index (χ1v) is 11.3. The van der Waals surface area contributed by atoms with Crippen LogP contribution in [0.25, 0.3) is 0 Å². The summed E-state index contributed by atoms with van der Waals surface area (Å²) in [5, 5.41) is 18.5. The molecule has 34 heavy (non-hydrogen) atoms. The number of ether oxygens (including phenoxy) is 4. The molecule has 10 nitrogen and oxygen atoms in total. The van der Waals surface area contributed by atoms with Crippen LogP contribution in [0.1, 0.15) is 38.5 Å². The summed E-state index contributed by atoms with van der Waals surface area (Å²) in [7, 11) is 6.30. The molecule has 0 radical (unpaired) electrons. The van der Waals surface area contributed by atoms with Crippen LogP contribution < -0.4 is 0 Å². The van der Waals surface area contributed by atoms with Crippen LogP contribution in [0.4, 0.5) is 0 Å². The largest absolute Gasteiger partial charge is 0.553 e. The van der Waals surface area contributed by atoms with Gasteiger partial charge in [0.25, 0.3) is 0 Å². The number of aliphatic hydroxyl groups is 2. The van der Waals surface area contributed by atoms with E-state index in [1.165, 1.54) is 12.8 Å². The van der Waals surface area contributed by atoms with Gasteiger partial charge < -0.3 is 39.0 Å². The van der Waals surface area contributed by atoms with Crippen molar-refractivity contribution in [1.29, 1.82) is 0 Å². The summed E-state index contributed by atoms with van der Waals surface area (Å²) in [6, 6.07) is 0. The second kappa shape index (κ2) is 20.3. The first-order chi connectivity index (χ1) is 15.5. The maximum atomic E-state index is 11.6. The fraction of sp³-hybridized carbons (Fsp3) is 0.818. The van der Waals surface area contributed by atoms with Crippen molar-refractivity contribution in [2.45, 2.75) is 50.7 Å². The van der Waals surface area contributed by atoms with E-state index < -0.39 is 12.2 Å². The van der Waals surface area contributed by atoms with Crippen molar-refractivity contribution in [3.8, 4) is 0 Å². The summed E-state index contributed by atoms with van der Waals surface area (Å²) >= 11 is 0. The molecule has 0 aromatic rings. The molecule has 2 aliphatic heterocycles. The first-order valence-electron chi connectivity index (χ1n) is 11.3. The average molecular weight is 995 g/mol. The van der Waals surface area contributed by atoms with Crippen molar-refractivity contribution >= 4 is 11.8 Å². The third kappa shape index (κ3) is 14.7. The van der Waals surface area contributed by atoms with E-state index in [0.717, 1.165) is 51.9 Å². The number of piperidine rings is 2. The zero-order valence-corrected chi connectivity index (χ0v) is 33.3. The molecule has 0 saturated carbocycles. The predicted molar refractivity (Wildman–Crippen MR) is 117 cm³/mol. The number of carbonyl (C=O) groups excluding carboxylic acids is 2. The normalized spacial score (nSPS) is 17.4. The van der Waals surface area contributed by atoms with E-state index in [9.17, 15) is 19.8 Å². The molecule has 2 heterocycles. The van der Waals surface area contributed by atoms with Crippen LogP contribution >= 0.6 is 0 Å². The Balaban J connectivity index is 0. The number of hydrogen-bond donors (Lipinski definition) is 2. The molecule has 12 heteroatoms. The van der Waals surface area contributed by atoms with Gasteiger partial charge in [0, 0.05) is 39.4 Å². The Morgan fingerprint density at radius 2 is 0.971 bits per heavy atom. The van der Waals surface area contributed by atoms with Gasteiger partial charge in [-0.05, 0) is 38.5 Å². The second-order valence-electron chi connectivity index (χ2n) is 7.96. The number of nitrogens with zero attached hydrogens (tertiary/aromatic N) is 2. The minimum absolute atomic E-state index is 0. The van der Waals surface area contributed by atoms with Gasteiger partial charge in [-0.25, -0.2) is 14.2 Å². The van der Waals surface area contributed by atoms with Crippen molar-refractivity contribution in [2.24, 2.45) is 0 Å². The molecule has 2 N–H and O–H groups in total. The molecule has 2 fully saturated rings. The van der Waals surface area contributed by atoms with Gasteiger partial charge >= 0.3 is 0 Å². The van der Waals surface area contributed by atoms with Gasteiger partial charge in [0.05, 0.1) is 25.4 Å². The molecule has 2 atom stereocenters. The molecule has 192 valence electrons. The topological polar surface area (TPSA) is 118 Å². The van der Waals surface area contributed by atoms with E-state index in [4.69, 9.17) is 9.47 Å². The van der Waals surface area contributed by atoms with E-state index in [1.807, 2.05) is 9.80 Å². The SMILES string of the molecule is [CH2-]OCC(O)COCC(=O)N1CCCCC1.[CH2-]OCC(O)COCC(=O)N1CCCCC1.[Rf].[Rf]. The van der Waals surface area contributed by atoms with Crippen LogP contribution in [0.15, 0.2) is 0 Å². The quantitative estimate of drug-likeness (QED) is 0.270. The van der Waals surface area contributed by atoms with E-state index in [2.05, 4.69) is 23.7 Å². The molecule has 0 aromatic carbocycles. The predicted octanol–water partition coefficient (Wildman–Crippen LogP) is 0.369. The number of likely N-dealkylation sites (tertiary alicyclic amines) is 2. The Labute approximate surface area is 191 Å². The molecule has 0 spiro atoms. The van der Waals surface area contributed by atoms with Crippen molar-refractivity contribution in [2.75, 3.05) is 65.8 Å². The molecule has 2 aliphatic rings. The van der Waals surface area contributed by atoms with Crippen LogP contribution in [0.5, 0.6) is 0 Å². The summed E-state index contributed by atoms with van der Waals surface area (Å²) in [5.74, 6) is 0.00452. The molecule has 2 unspecified atom stereocenters. The molecular weight excluding hydrogens is 954 g/mol. The second-order valence-corrected chi connectivity index (χ2v) is 7.96. The van der Waals surface area contributed by atoms with Gasteiger partial charge in [0.1, 0.15) is 13.2 Å². The van der Waals surface area contributed by atoms with Crippen molar-refractivity contribution < 1.29 is 38.7 Å². The van der Waals surface area contributed by atoms with Crippen LogP contribution in [0, 0.1) is 14.2 Å². The van der Waals surface area contributed by atoms with Gasteiger partial charge in [-0.1, -0.05) is 0 Å². The molecule has 2 rings (SSSR count). The molecule has 0 bridgehead atoms. The van der Waals surface area contributed by atoms with E-state index in [1.54, 1.807) is 0 Å². The maximum Gasteiger partial charge on any atom is 0.248 e. The fourth-order valence-electron chi connectivity index (χ4n) is 3.40. The summed E-state index contributed by atoms with van der Waals surface area (Å²) in [6.45, 7) is 3.83. The minimum atomic E-state index is -0.716. The number of amides is 2. The third-order valence-corrected chi connectivity index (χ3v) is 5.11. The molecule has 2 amide bonds. The van der Waals surface area contributed by atoms with E-state index in [0.29, 0.717) is 0 Å². The fourth-order valence-corrected chi connectivity index (χ4v) is 3.40. The summed E-state index contributed by atoms with van der Waals surface area (Å²) < 4.78 is 19.2. The average Bonchev–Trinajstić information content (AvgIpc) is 2.81. The first kappa shape index (κ1) is 32.9. The zero-order chi connectivity index (χ0) is 23.6. The number of aliphatic hydroxyl groups excluding tert-OH is 2. The van der Waals surface area contributed by atoms with Crippen molar-refractivity contribution in [3.63, 3.8) is 0 Å². The van der Waals surface area contributed by atoms with Crippen LogP contribution in [-0.2, 0) is 28.5 Å². The van der Waals surface area contributed by atoms with Gasteiger partial charge in [-0.15, -0.1) is 0 Å². The van der Waals surface area contributed by atoms with Crippen LogP contribution in [-0.4, -0.2) is 110 Å². The van der Waals surface area contributed by atoms with Gasteiger partial charge in [-0.3, -0.25) is 9.59 Å².